The lowest BCUT2D eigenvalue weighted by Crippen LogP contribution is -2.35. The molecule has 0 spiro atoms. The average Bonchev–Trinajstić information content (AvgIpc) is 4.32. The molecule has 20 heteroatoms. The van der Waals surface area contributed by atoms with E-state index in [1.807, 2.05) is 0 Å². The number of hydrogen-bond donors (Lipinski definition) is 4. The first-order valence-electron chi connectivity index (χ1n) is 24.9. The zero-order valence-electron chi connectivity index (χ0n) is 41.5. The van der Waals surface area contributed by atoms with Gasteiger partial charge in [0.25, 0.3) is 0 Å². The van der Waals surface area contributed by atoms with Crippen LogP contribution in [-0.4, -0.2) is 117 Å². The minimum absolute atomic E-state index is 0.0343. The number of ketones is 1. The number of hydrogen-bond acceptors (Lipinski definition) is 14. The van der Waals surface area contributed by atoms with Gasteiger partial charge in [-0.1, -0.05) is 18.2 Å². The Kier molecular flexibility index (Phi) is 21.4. The minimum Gasteiger partial charge on any atom is -0.494 e. The van der Waals surface area contributed by atoms with Crippen molar-refractivity contribution >= 4 is 53.0 Å². The van der Waals surface area contributed by atoms with Gasteiger partial charge in [-0.25, -0.2) is 9.59 Å². The van der Waals surface area contributed by atoms with Gasteiger partial charge in [-0.2, -0.15) is 13.2 Å². The lowest BCUT2D eigenvalue weighted by atomic mass is 9.83. The predicted octanol–water partition coefficient (Wildman–Crippen LogP) is 8.39. The van der Waals surface area contributed by atoms with E-state index >= 15 is 0 Å². The van der Waals surface area contributed by atoms with Gasteiger partial charge in [-0.05, 0) is 130 Å². The minimum atomic E-state index is -4.19. The first-order chi connectivity index (χ1) is 35.4. The van der Waals surface area contributed by atoms with E-state index in [0.717, 1.165) is 51.5 Å². The number of anilines is 2. The highest BCUT2D eigenvalue weighted by atomic mass is 19.4. The number of halogens is 3. The molecule has 4 aliphatic rings. The summed E-state index contributed by atoms with van der Waals surface area (Å²) < 4.78 is 74.5. The molecule has 402 valence electrons. The zero-order chi connectivity index (χ0) is 53.2. The summed E-state index contributed by atoms with van der Waals surface area (Å²) in [6.45, 7) is 6.40. The van der Waals surface area contributed by atoms with Crippen molar-refractivity contribution in [2.75, 3.05) is 63.9 Å². The van der Waals surface area contributed by atoms with Gasteiger partial charge in [-0.15, -0.1) is 0 Å². The highest BCUT2D eigenvalue weighted by molar-refractivity contribution is 5.98. The van der Waals surface area contributed by atoms with Crippen molar-refractivity contribution in [2.45, 2.75) is 89.7 Å². The number of carbonyl (C=O) groups is 6. The van der Waals surface area contributed by atoms with Gasteiger partial charge in [0.2, 0.25) is 5.91 Å². The fourth-order valence-corrected chi connectivity index (χ4v) is 9.13. The maximum atomic E-state index is 13.2. The van der Waals surface area contributed by atoms with E-state index in [0.29, 0.717) is 40.5 Å². The Morgan fingerprint density at radius 3 is 1.93 bits per heavy atom. The molecule has 2 aliphatic heterocycles. The van der Waals surface area contributed by atoms with Crippen molar-refractivity contribution in [1.29, 1.82) is 0 Å². The number of carbonyl (C=O) groups excluding carboxylic acids is 4. The van der Waals surface area contributed by atoms with E-state index in [1.54, 1.807) is 43.4 Å². The molecule has 4 N–H and O–H groups in total. The van der Waals surface area contributed by atoms with Gasteiger partial charge < -0.3 is 54.0 Å². The number of unbranched alkanes of at least 4 members (excludes halogenated alkanes) is 1. The van der Waals surface area contributed by atoms with Crippen LogP contribution in [-0.2, 0) is 54.3 Å². The Balaban J connectivity index is 0.000000410. The molecule has 4 fully saturated rings. The van der Waals surface area contributed by atoms with Crippen molar-refractivity contribution in [1.82, 2.24) is 0 Å². The van der Waals surface area contributed by atoms with Crippen LogP contribution in [0.25, 0.3) is 6.08 Å². The van der Waals surface area contributed by atoms with Crippen molar-refractivity contribution in [3.8, 4) is 11.5 Å². The number of carboxylic acid groups (broad SMARTS) is 2. The second-order valence-electron chi connectivity index (χ2n) is 19.0. The van der Waals surface area contributed by atoms with Gasteiger partial charge in [0.05, 0.1) is 50.4 Å². The number of amides is 1. The number of ether oxygens (including phenoxy) is 7. The fraction of sp³-hybridized carbons (Fsp3) is 0.519. The average molecular weight is 1040 g/mol. The Bertz CT molecular complexity index is 2350. The second-order valence-corrected chi connectivity index (χ2v) is 19.0. The Hall–Kier alpha value is -6.35. The van der Waals surface area contributed by atoms with E-state index in [2.05, 4.69) is 10.6 Å². The molecule has 2 heterocycles. The number of alkyl halides is 3. The number of benzene rings is 3. The van der Waals surface area contributed by atoms with Crippen LogP contribution in [0.2, 0.25) is 0 Å². The molecule has 2 aliphatic carbocycles. The van der Waals surface area contributed by atoms with Crippen LogP contribution in [0.4, 0.5) is 24.5 Å². The molecule has 2 saturated carbocycles. The van der Waals surface area contributed by atoms with Crippen molar-refractivity contribution in [2.24, 2.45) is 35.5 Å². The highest BCUT2D eigenvalue weighted by Crippen LogP contribution is 2.45. The van der Waals surface area contributed by atoms with Crippen LogP contribution in [0.1, 0.15) is 86.2 Å². The molecular weight excluding hydrogens is 974 g/mol. The normalized spacial score (nSPS) is 22.9. The summed E-state index contributed by atoms with van der Waals surface area (Å²) in [5, 5.41) is 24.7. The molecule has 2 saturated heterocycles. The fourth-order valence-electron chi connectivity index (χ4n) is 9.13. The van der Waals surface area contributed by atoms with Gasteiger partial charge in [-0.3, -0.25) is 19.2 Å². The monoisotopic (exact) mass is 1040 g/mol. The van der Waals surface area contributed by atoms with Crippen molar-refractivity contribution in [3.63, 3.8) is 0 Å². The number of carboxylic acids is 2. The second kappa shape index (κ2) is 27.8. The number of aliphatic carboxylic acids is 2. The molecule has 17 nitrogen and oxygen atoms in total. The summed E-state index contributed by atoms with van der Waals surface area (Å²) in [4.78, 5) is 74.1. The Morgan fingerprint density at radius 1 is 0.784 bits per heavy atom. The molecule has 7 rings (SSSR count). The first kappa shape index (κ1) is 56.9. The van der Waals surface area contributed by atoms with E-state index in [4.69, 9.17) is 33.2 Å². The quantitative estimate of drug-likeness (QED) is 0.0194. The third-order valence-corrected chi connectivity index (χ3v) is 13.2. The molecule has 1 amide bonds. The molecule has 0 bridgehead atoms. The van der Waals surface area contributed by atoms with Gasteiger partial charge >= 0.3 is 30.1 Å². The van der Waals surface area contributed by atoms with Gasteiger partial charge in [0.15, 0.2) is 0 Å². The van der Waals surface area contributed by atoms with Crippen LogP contribution < -0.4 is 20.1 Å². The van der Waals surface area contributed by atoms with Crippen molar-refractivity contribution in [3.05, 3.63) is 89.5 Å². The van der Waals surface area contributed by atoms with Crippen LogP contribution in [0.5, 0.6) is 11.5 Å². The summed E-state index contributed by atoms with van der Waals surface area (Å²) in [7, 11) is 1.61. The summed E-state index contributed by atoms with van der Waals surface area (Å²) in [6, 6.07) is 17.0. The summed E-state index contributed by atoms with van der Waals surface area (Å²) >= 11 is 0. The maximum Gasteiger partial charge on any atom is 0.389 e. The van der Waals surface area contributed by atoms with E-state index in [9.17, 15) is 52.2 Å². The molecular formula is C54H65F3N2O15. The predicted molar refractivity (Wildman–Crippen MR) is 262 cm³/mol. The molecule has 74 heavy (non-hydrogen) atoms. The summed E-state index contributed by atoms with van der Waals surface area (Å²) in [5.41, 5.74) is 2.17. The van der Waals surface area contributed by atoms with Gasteiger partial charge in [0.1, 0.15) is 36.1 Å². The van der Waals surface area contributed by atoms with E-state index < -0.39 is 78.3 Å². The van der Waals surface area contributed by atoms with Crippen molar-refractivity contribution < 1.29 is 85.3 Å². The number of epoxide rings is 2. The Labute approximate surface area is 427 Å². The largest absolute Gasteiger partial charge is 0.494 e. The molecule has 6 atom stereocenters. The summed E-state index contributed by atoms with van der Waals surface area (Å²) in [5.74, 6) is -7.23. The standard InChI is InChI=1S/C40H41F3N2O11.C14H24O4/c1-23(46)35-27(20-33(47)48)19-31(36(35)38(51)52)37(50)45-28-11-10-26(32(21-28)44-2)22-55-34(49)16-7-24-5-8-25(9-6-24)39(53)56-30-14-12-29(13-15-30)54-18-4-3-17-40(41,42)43;1-2-12(6-16-8-14-10-18-14)4-3-11(1)5-15-7-13-9-17-13/h5-16,21,27,31,35-36,44H,3-4,17-20,22H2,1-2H3,(H,45,50)(H,47,48)(H,51,52);11-14H,1-10H2/b16-7+;. The molecule has 0 radical (unpaired) electrons. The molecule has 6 unspecified atom stereocenters. The van der Waals surface area contributed by atoms with Crippen LogP contribution in [0.3, 0.4) is 0 Å². The smallest absolute Gasteiger partial charge is 0.389 e. The SMILES string of the molecule is C1CC(COCC2CO2)CCC1COCC1CO1.CNc1cc(NC(=O)C2CC(CC(=O)O)C(C(C)=O)C2C(=O)O)ccc1COC(=O)/C=C/c1ccc(C(=O)Oc2ccc(OCCCCC(F)(F)F)cc2)cc1. The number of Topliss-reactive ketones (excluding diaryl/α,β-unsaturated/α-hetero) is 1. The number of nitrogens with one attached hydrogen (secondary N) is 2. The number of esters is 2. The third kappa shape index (κ3) is 19.2. The lowest BCUT2D eigenvalue weighted by Gasteiger charge is -2.28. The third-order valence-electron chi connectivity index (χ3n) is 13.2. The van der Waals surface area contributed by atoms with E-state index in [1.165, 1.54) is 75.1 Å². The Morgan fingerprint density at radius 2 is 1.39 bits per heavy atom. The summed E-state index contributed by atoms with van der Waals surface area (Å²) in [6.07, 6.45) is 3.30. The molecule has 3 aromatic carbocycles. The number of rotatable bonds is 26. The van der Waals surface area contributed by atoms with Crippen LogP contribution >= 0.6 is 0 Å². The molecule has 0 aromatic heterocycles. The lowest BCUT2D eigenvalue weighted by molar-refractivity contribution is -0.149. The van der Waals surface area contributed by atoms with Crippen LogP contribution in [0, 0.1) is 35.5 Å². The highest BCUT2D eigenvalue weighted by Gasteiger charge is 2.52. The van der Waals surface area contributed by atoms with E-state index in [-0.39, 0.29) is 43.8 Å². The topological polar surface area (TPSA) is 238 Å². The van der Waals surface area contributed by atoms with Crippen LogP contribution in [0.15, 0.2) is 72.8 Å². The first-order valence-corrected chi connectivity index (χ1v) is 24.9. The molecule has 3 aromatic rings. The van der Waals surface area contributed by atoms with Gasteiger partial charge in [0, 0.05) is 62.0 Å². The zero-order valence-corrected chi connectivity index (χ0v) is 41.5. The maximum absolute atomic E-state index is 13.2.